The summed E-state index contributed by atoms with van der Waals surface area (Å²) < 4.78 is 0. The average Bonchev–Trinajstić information content (AvgIpc) is 2.87. The molecule has 2 amide bonds. The summed E-state index contributed by atoms with van der Waals surface area (Å²) >= 11 is 0. The Hall–Kier alpha value is -4.33. The first-order valence-electron chi connectivity index (χ1n) is 10.6. The monoisotopic (exact) mass is 440 g/mol. The van der Waals surface area contributed by atoms with Crippen LogP contribution < -0.4 is 15.5 Å². The van der Waals surface area contributed by atoms with Gasteiger partial charge in [-0.05, 0) is 55.0 Å². The molecule has 0 saturated carbocycles. The van der Waals surface area contributed by atoms with Crippen molar-refractivity contribution < 1.29 is 9.59 Å². The maximum absolute atomic E-state index is 12.6. The first-order valence-corrected chi connectivity index (χ1v) is 10.6. The fourth-order valence-corrected chi connectivity index (χ4v) is 3.50. The van der Waals surface area contributed by atoms with Crippen molar-refractivity contribution in [1.29, 1.82) is 0 Å². The van der Waals surface area contributed by atoms with E-state index in [1.54, 1.807) is 55.0 Å². The number of rotatable bonds is 8. The molecule has 0 aliphatic carbocycles. The molecule has 0 radical (unpaired) electrons. The second-order valence-corrected chi connectivity index (χ2v) is 7.45. The number of nitrogens with zero attached hydrogens (tertiary/aromatic N) is 4. The van der Waals surface area contributed by atoms with E-state index in [4.69, 9.17) is 0 Å². The van der Waals surface area contributed by atoms with Gasteiger partial charge in [0, 0.05) is 49.8 Å². The molecule has 0 fully saturated rings. The van der Waals surface area contributed by atoms with Gasteiger partial charge in [-0.3, -0.25) is 24.5 Å². The molecule has 3 heterocycles. The van der Waals surface area contributed by atoms with E-state index in [1.165, 1.54) is 0 Å². The molecule has 3 aromatic heterocycles. The van der Waals surface area contributed by atoms with E-state index in [2.05, 4.69) is 30.5 Å². The number of aromatic nitrogens is 3. The van der Waals surface area contributed by atoms with Gasteiger partial charge in [0.05, 0.1) is 11.2 Å². The SMILES string of the molecule is CN(CCCNC(=O)c1ccccn1)c1ccc(NC(=O)c2ccccn2)c2ncccc12. The van der Waals surface area contributed by atoms with Gasteiger partial charge in [-0.25, -0.2) is 0 Å². The summed E-state index contributed by atoms with van der Waals surface area (Å²) in [6.45, 7) is 1.26. The Labute approximate surface area is 191 Å². The van der Waals surface area contributed by atoms with Crippen molar-refractivity contribution in [3.05, 3.63) is 90.6 Å². The summed E-state index contributed by atoms with van der Waals surface area (Å²) in [7, 11) is 1.99. The van der Waals surface area contributed by atoms with Gasteiger partial charge in [-0.15, -0.1) is 0 Å². The first-order chi connectivity index (χ1) is 16.1. The van der Waals surface area contributed by atoms with Crippen LogP contribution in [0.4, 0.5) is 11.4 Å². The number of pyridine rings is 3. The lowest BCUT2D eigenvalue weighted by Gasteiger charge is -2.22. The molecule has 4 aromatic rings. The minimum Gasteiger partial charge on any atom is -0.374 e. The van der Waals surface area contributed by atoms with E-state index in [0.29, 0.717) is 29.1 Å². The molecule has 166 valence electrons. The van der Waals surface area contributed by atoms with Crippen LogP contribution in [-0.2, 0) is 0 Å². The lowest BCUT2D eigenvalue weighted by atomic mass is 10.1. The summed E-state index contributed by atoms with van der Waals surface area (Å²) in [4.78, 5) is 39.5. The van der Waals surface area contributed by atoms with E-state index in [9.17, 15) is 9.59 Å². The fourth-order valence-electron chi connectivity index (χ4n) is 3.50. The van der Waals surface area contributed by atoms with Crippen LogP contribution in [0, 0.1) is 0 Å². The smallest absolute Gasteiger partial charge is 0.274 e. The van der Waals surface area contributed by atoms with Crippen molar-refractivity contribution >= 4 is 34.1 Å². The van der Waals surface area contributed by atoms with Crippen molar-refractivity contribution in [3.63, 3.8) is 0 Å². The normalized spacial score (nSPS) is 10.6. The van der Waals surface area contributed by atoms with Crippen LogP contribution in [0.25, 0.3) is 10.9 Å². The van der Waals surface area contributed by atoms with E-state index < -0.39 is 0 Å². The third-order valence-electron chi connectivity index (χ3n) is 5.16. The number of amides is 2. The number of hydrogen-bond acceptors (Lipinski definition) is 6. The molecule has 8 nitrogen and oxygen atoms in total. The highest BCUT2D eigenvalue weighted by atomic mass is 16.2. The largest absolute Gasteiger partial charge is 0.374 e. The zero-order valence-electron chi connectivity index (χ0n) is 18.2. The zero-order chi connectivity index (χ0) is 23.0. The van der Waals surface area contributed by atoms with E-state index >= 15 is 0 Å². The van der Waals surface area contributed by atoms with Gasteiger partial charge in [-0.2, -0.15) is 0 Å². The number of carbonyl (C=O) groups is 2. The predicted molar refractivity (Wildman–Crippen MR) is 128 cm³/mol. The molecule has 2 N–H and O–H groups in total. The van der Waals surface area contributed by atoms with Crippen LogP contribution in [0.1, 0.15) is 27.4 Å². The quantitative estimate of drug-likeness (QED) is 0.407. The van der Waals surface area contributed by atoms with Crippen molar-refractivity contribution in [2.45, 2.75) is 6.42 Å². The molecule has 0 unspecified atom stereocenters. The molecular weight excluding hydrogens is 416 g/mol. The maximum atomic E-state index is 12.6. The Morgan fingerprint density at radius 2 is 1.52 bits per heavy atom. The molecule has 0 spiro atoms. The Kier molecular flexibility index (Phi) is 6.84. The van der Waals surface area contributed by atoms with Gasteiger partial charge in [0.2, 0.25) is 0 Å². The van der Waals surface area contributed by atoms with Gasteiger partial charge in [0.1, 0.15) is 11.4 Å². The third-order valence-corrected chi connectivity index (χ3v) is 5.16. The molecule has 1 aromatic carbocycles. The van der Waals surface area contributed by atoms with Crippen LogP contribution in [-0.4, -0.2) is 46.9 Å². The van der Waals surface area contributed by atoms with Crippen LogP contribution in [0.2, 0.25) is 0 Å². The maximum Gasteiger partial charge on any atom is 0.274 e. The minimum absolute atomic E-state index is 0.180. The predicted octanol–water partition coefficient (Wildman–Crippen LogP) is 3.53. The van der Waals surface area contributed by atoms with E-state index in [-0.39, 0.29) is 11.8 Å². The average molecular weight is 441 g/mol. The highest BCUT2D eigenvalue weighted by Gasteiger charge is 2.14. The summed E-state index contributed by atoms with van der Waals surface area (Å²) in [6, 6.07) is 18.1. The topological polar surface area (TPSA) is 100 Å². The van der Waals surface area contributed by atoms with Crippen molar-refractivity contribution in [3.8, 4) is 0 Å². The first kappa shape index (κ1) is 21.9. The lowest BCUT2D eigenvalue weighted by Crippen LogP contribution is -2.28. The van der Waals surface area contributed by atoms with E-state index in [0.717, 1.165) is 24.0 Å². The molecule has 0 bridgehead atoms. The molecule has 0 atom stereocenters. The van der Waals surface area contributed by atoms with Crippen LogP contribution in [0.5, 0.6) is 0 Å². The third kappa shape index (κ3) is 5.30. The van der Waals surface area contributed by atoms with E-state index in [1.807, 2.05) is 31.3 Å². The standard InChI is InChI=1S/C25H24N6O2/c1-31(17-7-16-29-24(32)20-9-2-4-13-26-20)22-12-11-19(23-18(22)8-6-15-28-23)30-25(33)21-10-3-5-14-27-21/h2-6,8-15H,7,16-17H2,1H3,(H,29,32)(H,30,33). The molecule has 33 heavy (non-hydrogen) atoms. The van der Waals surface area contributed by atoms with Crippen molar-refractivity contribution in [1.82, 2.24) is 20.3 Å². The molecule has 0 saturated heterocycles. The summed E-state index contributed by atoms with van der Waals surface area (Å²) in [6.07, 6.45) is 5.65. The highest BCUT2D eigenvalue weighted by molar-refractivity contribution is 6.09. The van der Waals surface area contributed by atoms with Crippen molar-refractivity contribution in [2.75, 3.05) is 30.4 Å². The van der Waals surface area contributed by atoms with Gasteiger partial charge >= 0.3 is 0 Å². The molecule has 4 rings (SSSR count). The highest BCUT2D eigenvalue weighted by Crippen LogP contribution is 2.30. The summed E-state index contributed by atoms with van der Waals surface area (Å²) in [5, 5.41) is 6.73. The number of hydrogen-bond donors (Lipinski definition) is 2. The Balaban J connectivity index is 1.42. The van der Waals surface area contributed by atoms with Crippen molar-refractivity contribution in [2.24, 2.45) is 0 Å². The second kappa shape index (κ2) is 10.3. The van der Waals surface area contributed by atoms with Crippen LogP contribution in [0.15, 0.2) is 79.3 Å². The Bertz CT molecular complexity index is 1250. The number of anilines is 2. The minimum atomic E-state index is -0.285. The fraction of sp³-hybridized carbons (Fsp3) is 0.160. The molecule has 0 aliphatic rings. The number of nitrogens with one attached hydrogen (secondary N) is 2. The van der Waals surface area contributed by atoms with Gasteiger partial charge in [0.15, 0.2) is 0 Å². The Morgan fingerprint density at radius 1 is 0.818 bits per heavy atom. The second-order valence-electron chi connectivity index (χ2n) is 7.45. The number of benzene rings is 1. The Morgan fingerprint density at radius 3 is 2.21 bits per heavy atom. The lowest BCUT2D eigenvalue weighted by molar-refractivity contribution is 0.0947. The summed E-state index contributed by atoms with van der Waals surface area (Å²) in [5.41, 5.74) is 3.07. The van der Waals surface area contributed by atoms with Gasteiger partial charge < -0.3 is 15.5 Å². The van der Waals surface area contributed by atoms with Gasteiger partial charge in [0.25, 0.3) is 11.8 Å². The number of fused-ring (bicyclic) bond motifs is 1. The molecule has 0 aliphatic heterocycles. The van der Waals surface area contributed by atoms with Crippen LogP contribution >= 0.6 is 0 Å². The van der Waals surface area contributed by atoms with Gasteiger partial charge in [-0.1, -0.05) is 12.1 Å². The summed E-state index contributed by atoms with van der Waals surface area (Å²) in [5.74, 6) is -0.465. The zero-order valence-corrected chi connectivity index (χ0v) is 18.2. The number of carbonyl (C=O) groups excluding carboxylic acids is 2. The molecular formula is C25H24N6O2. The molecule has 8 heteroatoms. The van der Waals surface area contributed by atoms with Crippen LogP contribution in [0.3, 0.4) is 0 Å².